The van der Waals surface area contributed by atoms with Gasteiger partial charge in [0, 0.05) is 36.1 Å². The summed E-state index contributed by atoms with van der Waals surface area (Å²) in [6, 6.07) is 23.2. The summed E-state index contributed by atoms with van der Waals surface area (Å²) in [5, 5.41) is 6.71. The summed E-state index contributed by atoms with van der Waals surface area (Å²) in [4.78, 5) is 13.4. The molecule has 1 heterocycles. The topological polar surface area (TPSA) is 86.1 Å². The Bertz CT molecular complexity index is 1270. The van der Waals surface area contributed by atoms with Crippen LogP contribution in [0.15, 0.2) is 66.7 Å². The largest absolute Gasteiger partial charge is 0.348 e. The Kier molecular flexibility index (Phi) is 5.68. The Balaban J connectivity index is 1.56. The first-order chi connectivity index (χ1) is 15.6. The van der Waals surface area contributed by atoms with E-state index in [-0.39, 0.29) is 18.0 Å². The van der Waals surface area contributed by atoms with Gasteiger partial charge in [0.15, 0.2) is 0 Å². The highest BCUT2D eigenvalue weighted by Crippen LogP contribution is 2.26. The highest BCUT2D eigenvalue weighted by atomic mass is 16.2. The number of hydrogen-bond acceptors (Lipinski definition) is 3. The zero-order valence-electron chi connectivity index (χ0n) is 18.3. The summed E-state index contributed by atoms with van der Waals surface area (Å²) in [6.45, 7) is 1.09. The maximum absolute atomic E-state index is 13.4. The summed E-state index contributed by atoms with van der Waals surface area (Å²) >= 11 is 0. The summed E-state index contributed by atoms with van der Waals surface area (Å²) in [5.74, 6) is -0.0326. The van der Waals surface area contributed by atoms with Crippen LogP contribution in [-0.4, -0.2) is 22.6 Å². The van der Waals surface area contributed by atoms with Gasteiger partial charge >= 0.3 is 0 Å². The van der Waals surface area contributed by atoms with Crippen molar-refractivity contribution in [2.75, 3.05) is 0 Å². The Morgan fingerprint density at radius 3 is 2.69 bits per heavy atom. The maximum Gasteiger partial charge on any atom is 0.268 e. The molecule has 0 bridgehead atoms. The van der Waals surface area contributed by atoms with Crippen molar-refractivity contribution >= 4 is 27.6 Å². The van der Waals surface area contributed by atoms with Crippen LogP contribution in [0, 0.1) is 0 Å². The standard InChI is InChI=1S/C27H30N4O/c28-16-18-11-12-20-14-26(27(32)30-23-9-4-8-22(29)15-23)31(25(20)13-18)17-21-7-3-6-19-5-1-2-10-24(19)21/h1-3,5-7,10-14,22-23H,4,8-9,15-17,28-29H2,(H,30,32). The van der Waals surface area contributed by atoms with Crippen molar-refractivity contribution in [3.8, 4) is 0 Å². The second-order valence-electron chi connectivity index (χ2n) is 8.95. The number of fused-ring (bicyclic) bond motifs is 2. The van der Waals surface area contributed by atoms with Gasteiger partial charge in [0.05, 0.1) is 0 Å². The summed E-state index contributed by atoms with van der Waals surface area (Å²) in [6.07, 6.45) is 3.92. The van der Waals surface area contributed by atoms with Crippen LogP contribution in [0.1, 0.15) is 47.3 Å². The molecule has 1 fully saturated rings. The van der Waals surface area contributed by atoms with Crippen LogP contribution >= 0.6 is 0 Å². The molecule has 3 aromatic carbocycles. The van der Waals surface area contributed by atoms with Crippen molar-refractivity contribution in [3.05, 3.63) is 83.6 Å². The number of nitrogens with one attached hydrogen (secondary N) is 1. The molecular weight excluding hydrogens is 396 g/mol. The van der Waals surface area contributed by atoms with E-state index >= 15 is 0 Å². The fraction of sp³-hybridized carbons (Fsp3) is 0.296. The van der Waals surface area contributed by atoms with Gasteiger partial charge in [0.1, 0.15) is 5.69 Å². The Labute approximate surface area is 188 Å². The third-order valence-corrected chi connectivity index (χ3v) is 6.70. The quantitative estimate of drug-likeness (QED) is 0.445. The number of carbonyl (C=O) groups excluding carboxylic acids is 1. The minimum Gasteiger partial charge on any atom is -0.348 e. The van der Waals surface area contributed by atoms with E-state index in [1.165, 1.54) is 16.3 Å². The highest BCUT2D eigenvalue weighted by Gasteiger charge is 2.23. The first kappa shape index (κ1) is 20.7. The second kappa shape index (κ2) is 8.77. The van der Waals surface area contributed by atoms with Crippen LogP contribution in [0.5, 0.6) is 0 Å². The zero-order chi connectivity index (χ0) is 22.1. The molecule has 5 rings (SSSR count). The van der Waals surface area contributed by atoms with Crippen LogP contribution in [0.4, 0.5) is 0 Å². The van der Waals surface area contributed by atoms with Gasteiger partial charge < -0.3 is 21.4 Å². The van der Waals surface area contributed by atoms with Crippen LogP contribution < -0.4 is 16.8 Å². The Morgan fingerprint density at radius 2 is 1.84 bits per heavy atom. The van der Waals surface area contributed by atoms with Crippen molar-refractivity contribution in [3.63, 3.8) is 0 Å². The SMILES string of the molecule is NCc1ccc2cc(C(=O)NC3CCCC(N)C3)n(Cc3cccc4ccccc34)c2c1. The molecule has 0 spiro atoms. The van der Waals surface area contributed by atoms with E-state index in [0.29, 0.717) is 18.8 Å². The number of aromatic nitrogens is 1. The number of carbonyl (C=O) groups is 1. The summed E-state index contributed by atoms with van der Waals surface area (Å²) < 4.78 is 2.13. The van der Waals surface area contributed by atoms with E-state index in [1.807, 2.05) is 12.1 Å². The molecule has 5 heteroatoms. The van der Waals surface area contributed by atoms with Crippen LogP contribution in [0.25, 0.3) is 21.7 Å². The molecule has 1 amide bonds. The van der Waals surface area contributed by atoms with Gasteiger partial charge in [-0.15, -0.1) is 0 Å². The average molecular weight is 427 g/mol. The van der Waals surface area contributed by atoms with Gasteiger partial charge in [-0.05, 0) is 59.7 Å². The van der Waals surface area contributed by atoms with E-state index in [0.717, 1.165) is 42.1 Å². The Morgan fingerprint density at radius 1 is 1.00 bits per heavy atom. The molecule has 0 radical (unpaired) electrons. The molecule has 1 aliphatic rings. The third-order valence-electron chi connectivity index (χ3n) is 6.70. The van der Waals surface area contributed by atoms with E-state index in [4.69, 9.17) is 11.5 Å². The van der Waals surface area contributed by atoms with Gasteiger partial charge in [-0.3, -0.25) is 4.79 Å². The predicted molar refractivity (Wildman–Crippen MR) is 131 cm³/mol. The van der Waals surface area contributed by atoms with Crippen molar-refractivity contribution in [2.24, 2.45) is 11.5 Å². The lowest BCUT2D eigenvalue weighted by atomic mass is 9.91. The van der Waals surface area contributed by atoms with Gasteiger partial charge in [0.25, 0.3) is 5.91 Å². The number of benzene rings is 3. The first-order valence-corrected chi connectivity index (χ1v) is 11.5. The second-order valence-corrected chi connectivity index (χ2v) is 8.95. The van der Waals surface area contributed by atoms with Crippen LogP contribution in [0.3, 0.4) is 0 Å². The minimum absolute atomic E-state index is 0.0326. The number of amides is 1. The molecule has 0 saturated heterocycles. The summed E-state index contributed by atoms with van der Waals surface area (Å²) in [7, 11) is 0. The predicted octanol–water partition coefficient (Wildman–Crippen LogP) is 4.30. The fourth-order valence-electron chi connectivity index (χ4n) is 5.00. The number of rotatable bonds is 5. The molecule has 2 unspecified atom stereocenters. The van der Waals surface area contributed by atoms with E-state index in [1.54, 1.807) is 0 Å². The minimum atomic E-state index is -0.0326. The number of hydrogen-bond donors (Lipinski definition) is 3. The molecule has 5 nitrogen and oxygen atoms in total. The van der Waals surface area contributed by atoms with Gasteiger partial charge in [-0.2, -0.15) is 0 Å². The van der Waals surface area contributed by atoms with Crippen LogP contribution in [0.2, 0.25) is 0 Å². The lowest BCUT2D eigenvalue weighted by Crippen LogP contribution is -2.42. The van der Waals surface area contributed by atoms with E-state index in [2.05, 4.69) is 64.5 Å². The van der Waals surface area contributed by atoms with Crippen LogP contribution in [-0.2, 0) is 13.1 Å². The molecule has 164 valence electrons. The molecule has 2 atom stereocenters. The lowest BCUT2D eigenvalue weighted by molar-refractivity contribution is 0.0917. The molecular formula is C27H30N4O. The molecule has 1 saturated carbocycles. The normalized spacial score (nSPS) is 18.8. The highest BCUT2D eigenvalue weighted by molar-refractivity contribution is 5.99. The van der Waals surface area contributed by atoms with Crippen molar-refractivity contribution in [1.82, 2.24) is 9.88 Å². The number of nitrogens with two attached hydrogens (primary N) is 2. The fourth-order valence-corrected chi connectivity index (χ4v) is 5.00. The molecule has 1 aliphatic carbocycles. The summed E-state index contributed by atoms with van der Waals surface area (Å²) in [5.41, 5.74) is 16.0. The zero-order valence-corrected chi connectivity index (χ0v) is 18.3. The number of nitrogens with zero attached hydrogens (tertiary/aromatic N) is 1. The lowest BCUT2D eigenvalue weighted by Gasteiger charge is -2.27. The van der Waals surface area contributed by atoms with Crippen molar-refractivity contribution in [1.29, 1.82) is 0 Å². The molecule has 0 aliphatic heterocycles. The average Bonchev–Trinajstić information content (AvgIpc) is 3.17. The maximum atomic E-state index is 13.4. The van der Waals surface area contributed by atoms with Gasteiger partial charge in [-0.25, -0.2) is 0 Å². The smallest absolute Gasteiger partial charge is 0.268 e. The Hall–Kier alpha value is -3.15. The van der Waals surface area contributed by atoms with E-state index < -0.39 is 0 Å². The van der Waals surface area contributed by atoms with Gasteiger partial charge in [0.2, 0.25) is 0 Å². The van der Waals surface area contributed by atoms with Gasteiger partial charge in [-0.1, -0.05) is 54.6 Å². The molecule has 32 heavy (non-hydrogen) atoms. The molecule has 4 aromatic rings. The monoisotopic (exact) mass is 426 g/mol. The third kappa shape index (κ3) is 4.01. The first-order valence-electron chi connectivity index (χ1n) is 11.5. The van der Waals surface area contributed by atoms with Crippen molar-refractivity contribution < 1.29 is 4.79 Å². The van der Waals surface area contributed by atoms with E-state index in [9.17, 15) is 4.79 Å². The van der Waals surface area contributed by atoms with Crippen molar-refractivity contribution in [2.45, 2.75) is 50.9 Å². The molecule has 1 aromatic heterocycles. The molecule has 5 N–H and O–H groups in total.